The van der Waals surface area contributed by atoms with Crippen LogP contribution in [0.25, 0.3) is 11.1 Å². The van der Waals surface area contributed by atoms with Gasteiger partial charge in [-0.2, -0.15) is 13.2 Å². The zero-order chi connectivity index (χ0) is 33.5. The summed E-state index contributed by atoms with van der Waals surface area (Å²) in [6.45, 7) is 3.11. The number of aryl methyl sites for hydroxylation is 2. The van der Waals surface area contributed by atoms with Crippen LogP contribution in [0.5, 0.6) is 11.5 Å². The van der Waals surface area contributed by atoms with E-state index in [2.05, 4.69) is 5.32 Å². The molecule has 0 radical (unpaired) electrons. The predicted molar refractivity (Wildman–Crippen MR) is 156 cm³/mol. The van der Waals surface area contributed by atoms with Crippen LogP contribution < -0.4 is 20.3 Å². The minimum absolute atomic E-state index is 0.120. The van der Waals surface area contributed by atoms with Crippen LogP contribution in [0.2, 0.25) is 0 Å². The van der Waals surface area contributed by atoms with E-state index < -0.39 is 70.6 Å². The number of benzene rings is 3. The summed E-state index contributed by atoms with van der Waals surface area (Å²) in [6.07, 6.45) is -5.16. The Kier molecular flexibility index (Phi) is 8.61. The molecule has 1 aromatic heterocycles. The molecule has 4 bridgehead atoms. The van der Waals surface area contributed by atoms with E-state index in [0.29, 0.717) is 39.3 Å². The van der Waals surface area contributed by atoms with Gasteiger partial charge in [-0.1, -0.05) is 18.2 Å². The highest BCUT2D eigenvalue weighted by atomic mass is 19.4. The number of ether oxygens (including phenoxy) is 2. The van der Waals surface area contributed by atoms with Gasteiger partial charge in [-0.25, -0.2) is 8.78 Å². The number of carboxylic acid groups (broad SMARTS) is 1. The molecule has 1 amide bonds. The first-order valence-electron chi connectivity index (χ1n) is 13.9. The van der Waals surface area contributed by atoms with Gasteiger partial charge in [0, 0.05) is 22.9 Å². The van der Waals surface area contributed by atoms with E-state index in [9.17, 15) is 32.7 Å². The summed E-state index contributed by atoms with van der Waals surface area (Å²) in [4.78, 5) is 39.5. The Hall–Kier alpha value is -5.20. The lowest BCUT2D eigenvalue weighted by Gasteiger charge is -2.27. The monoisotopic (exact) mass is 642 g/mol. The zero-order valence-electron chi connectivity index (χ0n) is 24.7. The first-order valence-corrected chi connectivity index (χ1v) is 13.9. The molecular formula is C33H27F5N2O6. The highest BCUT2D eigenvalue weighted by Crippen LogP contribution is 2.39. The molecule has 3 aromatic carbocycles. The summed E-state index contributed by atoms with van der Waals surface area (Å²) in [5.74, 6) is -5.21. The van der Waals surface area contributed by atoms with Crippen LogP contribution in [0.15, 0.2) is 65.6 Å². The van der Waals surface area contributed by atoms with Gasteiger partial charge in [0.05, 0.1) is 19.6 Å². The second-order valence-electron chi connectivity index (χ2n) is 10.8. The van der Waals surface area contributed by atoms with Crippen LogP contribution >= 0.6 is 0 Å². The Labute approximate surface area is 259 Å². The Bertz CT molecular complexity index is 1920. The van der Waals surface area contributed by atoms with Gasteiger partial charge in [0.25, 0.3) is 5.56 Å². The molecule has 0 spiro atoms. The summed E-state index contributed by atoms with van der Waals surface area (Å²) in [5.41, 5.74) is -1.26. The molecule has 8 nitrogen and oxygen atoms in total. The molecule has 2 heterocycles. The van der Waals surface area contributed by atoms with Crippen molar-refractivity contribution in [3.63, 3.8) is 0 Å². The second kappa shape index (κ2) is 12.3. The van der Waals surface area contributed by atoms with Gasteiger partial charge < -0.3 is 19.9 Å². The smallest absolute Gasteiger partial charge is 0.420 e. The average molecular weight is 643 g/mol. The zero-order valence-corrected chi connectivity index (χ0v) is 24.7. The van der Waals surface area contributed by atoms with Crippen LogP contribution in [-0.4, -0.2) is 28.7 Å². The Balaban J connectivity index is 1.80. The maximum Gasteiger partial charge on any atom is 0.420 e. The number of carbonyl (C=O) groups excluding carboxylic acids is 1. The summed E-state index contributed by atoms with van der Waals surface area (Å²) in [5, 5.41) is 12.2. The topological polar surface area (TPSA) is 107 Å². The molecule has 5 rings (SSSR count). The van der Waals surface area contributed by atoms with Crippen LogP contribution in [-0.2, 0) is 22.4 Å². The number of methoxy groups -OCH3 is 1. The fraction of sp³-hybridized carbons (Fsp3) is 0.242. The van der Waals surface area contributed by atoms with Crippen LogP contribution in [0.1, 0.15) is 51.9 Å². The number of rotatable bonds is 4. The third-order valence-corrected chi connectivity index (χ3v) is 7.74. The first-order chi connectivity index (χ1) is 21.7. The normalized spacial score (nSPS) is 16.5. The number of amides is 1. The van der Waals surface area contributed by atoms with Crippen molar-refractivity contribution in [3.8, 4) is 22.6 Å². The number of nitrogens with one attached hydrogen (secondary N) is 1. The van der Waals surface area contributed by atoms with Crippen molar-refractivity contribution in [2.45, 2.75) is 45.1 Å². The largest absolute Gasteiger partial charge is 0.491 e. The molecule has 1 aliphatic rings. The number of carbonyl (C=O) groups is 2. The van der Waals surface area contributed by atoms with Crippen molar-refractivity contribution >= 4 is 11.9 Å². The van der Waals surface area contributed by atoms with Crippen molar-refractivity contribution in [1.82, 2.24) is 9.88 Å². The van der Waals surface area contributed by atoms with Crippen molar-refractivity contribution in [1.29, 1.82) is 0 Å². The number of hydrogen-bond acceptors (Lipinski definition) is 5. The lowest BCUT2D eigenvalue weighted by atomic mass is 9.91. The SMILES string of the molecule is COc1c(C(F)(F)F)ccn(C2C(=O)NC(CC(=O)O)c3cc(cc(C)c3F)-c3c(C)cccc3OCc3ccc(F)c2c3)c1=O. The standard InChI is InChI=1S/C33H27F5N2O6/c1-16-5-4-6-25-27(16)19-11-17(2)28(35)21(13-19)24(14-26(41)42)39-31(43)29(20-12-18(15-46-25)7-8-23(20)34)40-10-9-22(33(36,37)38)30(45-3)32(40)44/h4-13,24,29H,14-15H2,1-3H3,(H,39,43)(H,41,42). The molecule has 4 aromatic rings. The van der Waals surface area contributed by atoms with Crippen LogP contribution in [0.4, 0.5) is 22.0 Å². The number of nitrogens with zero attached hydrogens (tertiary/aromatic N) is 1. The summed E-state index contributed by atoms with van der Waals surface area (Å²) >= 11 is 0. The molecule has 0 aliphatic carbocycles. The summed E-state index contributed by atoms with van der Waals surface area (Å²) in [6, 6.07) is 8.69. The molecule has 13 heteroatoms. The van der Waals surface area contributed by atoms with Crippen LogP contribution in [0.3, 0.4) is 0 Å². The lowest BCUT2D eigenvalue weighted by molar-refractivity contribution is -0.139. The summed E-state index contributed by atoms with van der Waals surface area (Å²) < 4.78 is 83.8. The van der Waals surface area contributed by atoms with Gasteiger partial charge in [-0.15, -0.1) is 0 Å². The van der Waals surface area contributed by atoms with Gasteiger partial charge >= 0.3 is 12.1 Å². The van der Waals surface area contributed by atoms with E-state index in [1.54, 1.807) is 31.2 Å². The van der Waals surface area contributed by atoms with Gasteiger partial charge in [0.15, 0.2) is 5.75 Å². The van der Waals surface area contributed by atoms with E-state index >= 15 is 8.78 Å². The molecular weight excluding hydrogens is 615 g/mol. The Morgan fingerprint density at radius 1 is 1.04 bits per heavy atom. The molecule has 240 valence electrons. The third kappa shape index (κ3) is 6.04. The maximum atomic E-state index is 15.8. The lowest BCUT2D eigenvalue weighted by Crippen LogP contribution is -2.41. The van der Waals surface area contributed by atoms with Gasteiger partial charge in [-0.3, -0.25) is 19.0 Å². The molecule has 0 fully saturated rings. The number of carboxylic acids is 1. The van der Waals surface area contributed by atoms with E-state index in [4.69, 9.17) is 9.47 Å². The number of aliphatic carboxylic acids is 1. The van der Waals surface area contributed by atoms with Gasteiger partial charge in [0.1, 0.15) is 35.6 Å². The number of hydrogen-bond donors (Lipinski definition) is 2. The van der Waals surface area contributed by atoms with Crippen LogP contribution in [0, 0.1) is 25.5 Å². The minimum atomic E-state index is -5.00. The van der Waals surface area contributed by atoms with Crippen molar-refractivity contribution in [2.24, 2.45) is 0 Å². The molecule has 0 saturated carbocycles. The Morgan fingerprint density at radius 2 is 1.78 bits per heavy atom. The Morgan fingerprint density at radius 3 is 2.46 bits per heavy atom. The van der Waals surface area contributed by atoms with E-state index in [0.717, 1.165) is 18.7 Å². The summed E-state index contributed by atoms with van der Waals surface area (Å²) in [7, 11) is 0.836. The number of fused-ring (bicyclic) bond motifs is 6. The molecule has 46 heavy (non-hydrogen) atoms. The maximum absolute atomic E-state index is 15.8. The average Bonchev–Trinajstić information content (AvgIpc) is 2.98. The third-order valence-electron chi connectivity index (χ3n) is 7.74. The van der Waals surface area contributed by atoms with Crippen molar-refractivity contribution < 1.29 is 46.1 Å². The number of pyridine rings is 1. The highest BCUT2D eigenvalue weighted by molar-refractivity contribution is 5.85. The van der Waals surface area contributed by atoms with Gasteiger partial charge in [0.2, 0.25) is 5.91 Å². The van der Waals surface area contributed by atoms with Crippen molar-refractivity contribution in [3.05, 3.63) is 116 Å². The highest BCUT2D eigenvalue weighted by Gasteiger charge is 2.38. The quantitative estimate of drug-likeness (QED) is 0.255. The number of aromatic nitrogens is 1. The predicted octanol–water partition coefficient (Wildman–Crippen LogP) is 6.25. The second-order valence-corrected chi connectivity index (χ2v) is 10.8. The fourth-order valence-corrected chi connectivity index (χ4v) is 5.62. The molecule has 2 unspecified atom stereocenters. The molecule has 0 saturated heterocycles. The fourth-order valence-electron chi connectivity index (χ4n) is 5.62. The minimum Gasteiger partial charge on any atom is -0.491 e. The first kappa shape index (κ1) is 32.2. The molecule has 2 N–H and O–H groups in total. The van der Waals surface area contributed by atoms with E-state index in [1.807, 2.05) is 0 Å². The van der Waals surface area contributed by atoms with E-state index in [1.165, 1.54) is 25.1 Å². The van der Waals surface area contributed by atoms with E-state index in [-0.39, 0.29) is 17.7 Å². The number of alkyl halides is 3. The van der Waals surface area contributed by atoms with Gasteiger partial charge in [-0.05, 0) is 72.5 Å². The molecule has 2 atom stereocenters. The molecule has 1 aliphatic heterocycles. The number of halogens is 5. The van der Waals surface area contributed by atoms with Crippen molar-refractivity contribution in [2.75, 3.05) is 7.11 Å².